The maximum atomic E-state index is 10.9. The first-order valence-electron chi connectivity index (χ1n) is 5.03. The second-order valence-electron chi connectivity index (χ2n) is 3.53. The van der Waals surface area contributed by atoms with Crippen molar-refractivity contribution < 1.29 is 0 Å². The van der Waals surface area contributed by atoms with Crippen LogP contribution in [0.5, 0.6) is 0 Å². The van der Waals surface area contributed by atoms with Gasteiger partial charge in [-0.2, -0.15) is 11.8 Å². The van der Waals surface area contributed by atoms with Crippen molar-refractivity contribution in [2.24, 2.45) is 0 Å². The molecule has 1 aliphatic rings. The van der Waals surface area contributed by atoms with Crippen LogP contribution in [0.2, 0.25) is 0 Å². The van der Waals surface area contributed by atoms with Crippen LogP contribution >= 0.6 is 23.1 Å². The number of H-pyrrole nitrogens is 1. The molecular formula is C9H15N3OS2. The Kier molecular flexibility index (Phi) is 4.25. The lowest BCUT2D eigenvalue weighted by Gasteiger charge is -2.23. The highest BCUT2D eigenvalue weighted by molar-refractivity contribution is 7.99. The summed E-state index contributed by atoms with van der Waals surface area (Å²) < 4.78 is 0. The van der Waals surface area contributed by atoms with E-state index in [9.17, 15) is 4.79 Å². The molecule has 0 saturated carbocycles. The maximum absolute atomic E-state index is 10.9. The van der Waals surface area contributed by atoms with Gasteiger partial charge in [0.15, 0.2) is 0 Å². The zero-order chi connectivity index (χ0) is 10.5. The van der Waals surface area contributed by atoms with E-state index in [1.54, 1.807) is 0 Å². The van der Waals surface area contributed by atoms with Crippen LogP contribution in [0.15, 0.2) is 10.2 Å². The van der Waals surface area contributed by atoms with E-state index in [1.165, 1.54) is 22.8 Å². The number of nitrogens with one attached hydrogen (secondary N) is 3. The van der Waals surface area contributed by atoms with Crippen molar-refractivity contribution in [2.45, 2.75) is 12.6 Å². The van der Waals surface area contributed by atoms with Gasteiger partial charge in [-0.25, -0.2) is 0 Å². The molecule has 3 N–H and O–H groups in total. The summed E-state index contributed by atoms with van der Waals surface area (Å²) in [5, 5.41) is 8.68. The zero-order valence-electron chi connectivity index (χ0n) is 8.41. The van der Waals surface area contributed by atoms with Gasteiger partial charge in [-0.05, 0) is 0 Å². The molecule has 4 nitrogen and oxygen atoms in total. The minimum atomic E-state index is 0.0261. The molecule has 0 bridgehead atoms. The molecule has 1 saturated heterocycles. The van der Waals surface area contributed by atoms with Gasteiger partial charge in [0, 0.05) is 48.3 Å². The Bertz CT molecular complexity index is 343. The third-order valence-corrected chi connectivity index (χ3v) is 4.12. The summed E-state index contributed by atoms with van der Waals surface area (Å²) in [5.41, 5.74) is 0.980. The minimum absolute atomic E-state index is 0.0261. The largest absolute Gasteiger partial charge is 0.315 e. The van der Waals surface area contributed by atoms with Crippen LogP contribution in [0.25, 0.3) is 0 Å². The number of thioether (sulfide) groups is 1. The summed E-state index contributed by atoms with van der Waals surface area (Å²) in [7, 11) is 0. The Balaban J connectivity index is 1.68. The number of aromatic nitrogens is 1. The van der Waals surface area contributed by atoms with Gasteiger partial charge < -0.3 is 15.6 Å². The quantitative estimate of drug-likeness (QED) is 0.711. The maximum Gasteiger partial charge on any atom is 0.304 e. The summed E-state index contributed by atoms with van der Waals surface area (Å²) in [6.45, 7) is 2.82. The first-order valence-corrected chi connectivity index (χ1v) is 7.06. The molecule has 0 aliphatic carbocycles. The number of hydrogen-bond acceptors (Lipinski definition) is 5. The third kappa shape index (κ3) is 3.64. The molecule has 0 spiro atoms. The van der Waals surface area contributed by atoms with E-state index in [-0.39, 0.29) is 4.87 Å². The lowest BCUT2D eigenvalue weighted by atomic mass is 10.3. The normalized spacial score (nSPS) is 21.7. The molecule has 0 aromatic carbocycles. The second kappa shape index (κ2) is 5.69. The fourth-order valence-electron chi connectivity index (χ4n) is 1.53. The molecule has 84 valence electrons. The smallest absolute Gasteiger partial charge is 0.304 e. The number of thiazole rings is 1. The number of rotatable bonds is 4. The van der Waals surface area contributed by atoms with Crippen molar-refractivity contribution in [1.29, 1.82) is 0 Å². The molecule has 15 heavy (non-hydrogen) atoms. The predicted octanol–water partition coefficient (Wildman–Crippen LogP) is 0.231. The monoisotopic (exact) mass is 245 g/mol. The van der Waals surface area contributed by atoms with Crippen molar-refractivity contribution in [2.75, 3.05) is 24.6 Å². The van der Waals surface area contributed by atoms with Gasteiger partial charge in [0.05, 0.1) is 0 Å². The standard InChI is InChI=1S/C9H15N3OS2/c13-9-12-8(6-15-9)4-10-3-7-5-14-2-1-11-7/h6-7,10-11H,1-5H2,(H,12,13). The summed E-state index contributed by atoms with van der Waals surface area (Å²) in [5.74, 6) is 2.39. The lowest BCUT2D eigenvalue weighted by Crippen LogP contribution is -2.44. The summed E-state index contributed by atoms with van der Waals surface area (Å²) in [4.78, 5) is 13.7. The van der Waals surface area contributed by atoms with Gasteiger partial charge >= 0.3 is 4.87 Å². The zero-order valence-corrected chi connectivity index (χ0v) is 10.0. The molecule has 1 fully saturated rings. The van der Waals surface area contributed by atoms with Crippen LogP contribution in [-0.4, -0.2) is 35.6 Å². The van der Waals surface area contributed by atoms with Crippen molar-refractivity contribution >= 4 is 23.1 Å². The fourth-order valence-corrected chi connectivity index (χ4v) is 3.06. The highest BCUT2D eigenvalue weighted by Crippen LogP contribution is 2.06. The number of hydrogen-bond donors (Lipinski definition) is 3. The summed E-state index contributed by atoms with van der Waals surface area (Å²) in [6, 6.07) is 0.564. The van der Waals surface area contributed by atoms with Crippen molar-refractivity contribution in [3.05, 3.63) is 20.7 Å². The van der Waals surface area contributed by atoms with Crippen LogP contribution in [0.1, 0.15) is 5.69 Å². The van der Waals surface area contributed by atoms with E-state index in [4.69, 9.17) is 0 Å². The average molecular weight is 245 g/mol. The molecule has 0 radical (unpaired) electrons. The van der Waals surface area contributed by atoms with E-state index in [0.29, 0.717) is 6.04 Å². The van der Waals surface area contributed by atoms with Gasteiger partial charge in [0.25, 0.3) is 0 Å². The highest BCUT2D eigenvalue weighted by Gasteiger charge is 2.11. The van der Waals surface area contributed by atoms with E-state index >= 15 is 0 Å². The first-order chi connectivity index (χ1) is 7.34. The van der Waals surface area contributed by atoms with Crippen LogP contribution in [-0.2, 0) is 6.54 Å². The summed E-state index contributed by atoms with van der Waals surface area (Å²) >= 11 is 3.21. The molecule has 1 aromatic heterocycles. The van der Waals surface area contributed by atoms with Crippen LogP contribution < -0.4 is 15.5 Å². The molecule has 0 amide bonds. The van der Waals surface area contributed by atoms with Crippen LogP contribution in [0.4, 0.5) is 0 Å². The topological polar surface area (TPSA) is 56.9 Å². The fraction of sp³-hybridized carbons (Fsp3) is 0.667. The third-order valence-electron chi connectivity index (χ3n) is 2.28. The molecule has 6 heteroatoms. The van der Waals surface area contributed by atoms with E-state index < -0.39 is 0 Å². The minimum Gasteiger partial charge on any atom is -0.315 e. The Hall–Kier alpha value is -0.300. The van der Waals surface area contributed by atoms with Crippen molar-refractivity contribution in [3.63, 3.8) is 0 Å². The van der Waals surface area contributed by atoms with Gasteiger partial charge in [-0.3, -0.25) is 4.79 Å². The van der Waals surface area contributed by atoms with Crippen LogP contribution in [0, 0.1) is 0 Å². The Labute approximate surface area is 96.9 Å². The summed E-state index contributed by atoms with van der Waals surface area (Å²) in [6.07, 6.45) is 0. The molecule has 1 atom stereocenters. The number of aromatic amines is 1. The molecule has 1 unspecified atom stereocenters. The Morgan fingerprint density at radius 2 is 2.53 bits per heavy atom. The average Bonchev–Trinajstić information content (AvgIpc) is 2.66. The van der Waals surface area contributed by atoms with Gasteiger partial charge in [0.2, 0.25) is 0 Å². The predicted molar refractivity (Wildman–Crippen MR) is 65.8 cm³/mol. The lowest BCUT2D eigenvalue weighted by molar-refractivity contribution is 0.511. The van der Waals surface area contributed by atoms with Crippen LogP contribution in [0.3, 0.4) is 0 Å². The highest BCUT2D eigenvalue weighted by atomic mass is 32.2. The van der Waals surface area contributed by atoms with E-state index in [2.05, 4.69) is 15.6 Å². The Morgan fingerprint density at radius 1 is 1.60 bits per heavy atom. The molecule has 2 rings (SSSR count). The SMILES string of the molecule is O=c1[nH]c(CNCC2CSCCN2)cs1. The molecule has 2 heterocycles. The molecule has 1 aromatic rings. The van der Waals surface area contributed by atoms with E-state index in [1.807, 2.05) is 17.1 Å². The van der Waals surface area contributed by atoms with Crippen molar-refractivity contribution in [3.8, 4) is 0 Å². The Morgan fingerprint density at radius 3 is 3.20 bits per heavy atom. The van der Waals surface area contributed by atoms with E-state index in [0.717, 1.165) is 25.3 Å². The van der Waals surface area contributed by atoms with Crippen molar-refractivity contribution in [1.82, 2.24) is 15.6 Å². The first kappa shape index (κ1) is 11.2. The second-order valence-corrected chi connectivity index (χ2v) is 5.52. The molecule has 1 aliphatic heterocycles. The molecular weight excluding hydrogens is 230 g/mol. The van der Waals surface area contributed by atoms with Gasteiger partial charge in [-0.15, -0.1) is 0 Å². The van der Waals surface area contributed by atoms with Gasteiger partial charge in [-0.1, -0.05) is 11.3 Å². The van der Waals surface area contributed by atoms with Gasteiger partial charge in [0.1, 0.15) is 0 Å².